The van der Waals surface area contributed by atoms with Gasteiger partial charge in [0.15, 0.2) is 0 Å². The van der Waals surface area contributed by atoms with Gasteiger partial charge in [0, 0.05) is 0 Å². The molecule has 0 spiro atoms. The maximum absolute atomic E-state index is 11.1. The molecule has 0 bridgehead atoms. The predicted molar refractivity (Wildman–Crippen MR) is 72.2 cm³/mol. The van der Waals surface area contributed by atoms with Crippen molar-refractivity contribution in [3.05, 3.63) is 29.8 Å². The first-order valence-corrected chi connectivity index (χ1v) is 6.27. The number of ether oxygens (including phenoxy) is 1. The lowest BCUT2D eigenvalue weighted by Crippen LogP contribution is -2.47. The average Bonchev–Trinajstić information content (AvgIpc) is 2.43. The number of hydrogen-bond donors (Lipinski definition) is 3. The molecule has 106 valence electrons. The van der Waals surface area contributed by atoms with Crippen molar-refractivity contribution in [1.82, 2.24) is 5.32 Å². The molecule has 5 heteroatoms. The number of aliphatic hydroxyl groups excluding tert-OH is 1. The highest BCUT2D eigenvalue weighted by molar-refractivity contribution is 5.78. The van der Waals surface area contributed by atoms with E-state index in [1.165, 1.54) is 0 Å². The fourth-order valence-corrected chi connectivity index (χ4v) is 1.65. The maximum Gasteiger partial charge on any atom is 0.323 e. The Hall–Kier alpha value is -1.59. The van der Waals surface area contributed by atoms with Crippen LogP contribution in [0.2, 0.25) is 0 Å². The van der Waals surface area contributed by atoms with Gasteiger partial charge in [0.25, 0.3) is 0 Å². The van der Waals surface area contributed by atoms with Gasteiger partial charge in [-0.3, -0.25) is 4.79 Å². The summed E-state index contributed by atoms with van der Waals surface area (Å²) in [5.41, 5.74) is -0.0783. The molecule has 0 fully saturated rings. The maximum atomic E-state index is 11.1. The van der Waals surface area contributed by atoms with Crippen molar-refractivity contribution >= 4 is 5.97 Å². The summed E-state index contributed by atoms with van der Waals surface area (Å²) in [6.45, 7) is 2.13. The van der Waals surface area contributed by atoms with E-state index in [1.54, 1.807) is 38.2 Å². The van der Waals surface area contributed by atoms with E-state index in [1.807, 2.05) is 0 Å². The number of carbonyl (C=O) groups is 1. The van der Waals surface area contributed by atoms with Crippen molar-refractivity contribution < 1.29 is 19.7 Å². The van der Waals surface area contributed by atoms with Crippen LogP contribution in [0, 0.1) is 0 Å². The van der Waals surface area contributed by atoms with Gasteiger partial charge in [-0.2, -0.15) is 0 Å². The second kappa shape index (κ2) is 7.11. The summed E-state index contributed by atoms with van der Waals surface area (Å²) >= 11 is 0. The SMILES string of the molecule is CNC(C)(CCCOc1ccc(CO)cc1)C(=O)O. The van der Waals surface area contributed by atoms with E-state index in [0.29, 0.717) is 19.4 Å². The van der Waals surface area contributed by atoms with Gasteiger partial charge in [-0.05, 0) is 44.5 Å². The van der Waals surface area contributed by atoms with Gasteiger partial charge in [-0.25, -0.2) is 0 Å². The molecule has 0 saturated carbocycles. The topological polar surface area (TPSA) is 78.8 Å². The van der Waals surface area contributed by atoms with Crippen molar-refractivity contribution in [2.75, 3.05) is 13.7 Å². The van der Waals surface area contributed by atoms with Crippen LogP contribution in [0.5, 0.6) is 5.75 Å². The van der Waals surface area contributed by atoms with Gasteiger partial charge in [0.2, 0.25) is 0 Å². The lowest BCUT2D eigenvalue weighted by atomic mass is 9.96. The van der Waals surface area contributed by atoms with Gasteiger partial charge in [0.1, 0.15) is 11.3 Å². The van der Waals surface area contributed by atoms with Gasteiger partial charge < -0.3 is 20.3 Å². The number of benzene rings is 1. The number of nitrogens with one attached hydrogen (secondary N) is 1. The Morgan fingerprint density at radius 2 is 2.00 bits per heavy atom. The standard InChI is InChI=1S/C14H21NO4/c1-14(15-2,13(17)18)8-3-9-19-12-6-4-11(10-16)5-7-12/h4-7,15-16H,3,8-10H2,1-2H3,(H,17,18). The van der Waals surface area contributed by atoms with Gasteiger partial charge in [-0.1, -0.05) is 12.1 Å². The van der Waals surface area contributed by atoms with Crippen LogP contribution >= 0.6 is 0 Å². The van der Waals surface area contributed by atoms with Crippen LogP contribution in [0.4, 0.5) is 0 Å². The summed E-state index contributed by atoms with van der Waals surface area (Å²) in [7, 11) is 1.64. The van der Waals surface area contributed by atoms with Crippen molar-refractivity contribution in [2.45, 2.75) is 31.9 Å². The van der Waals surface area contributed by atoms with Crippen LogP contribution in [0.25, 0.3) is 0 Å². The Morgan fingerprint density at radius 3 is 2.47 bits per heavy atom. The highest BCUT2D eigenvalue weighted by atomic mass is 16.5. The Balaban J connectivity index is 2.35. The molecule has 1 aromatic rings. The molecule has 19 heavy (non-hydrogen) atoms. The van der Waals surface area contributed by atoms with Crippen LogP contribution < -0.4 is 10.1 Å². The fourth-order valence-electron chi connectivity index (χ4n) is 1.65. The van der Waals surface area contributed by atoms with Crippen molar-refractivity contribution in [2.24, 2.45) is 0 Å². The lowest BCUT2D eigenvalue weighted by molar-refractivity contribution is -0.144. The second-order valence-corrected chi connectivity index (χ2v) is 4.64. The molecule has 0 radical (unpaired) electrons. The smallest absolute Gasteiger partial charge is 0.323 e. The molecule has 1 atom stereocenters. The molecule has 0 aliphatic carbocycles. The molecule has 0 aromatic heterocycles. The molecule has 0 amide bonds. The molecule has 1 unspecified atom stereocenters. The Kier molecular flexibility index (Phi) is 5.79. The average molecular weight is 267 g/mol. The number of carboxylic acid groups (broad SMARTS) is 1. The lowest BCUT2D eigenvalue weighted by Gasteiger charge is -2.23. The van der Waals surface area contributed by atoms with E-state index >= 15 is 0 Å². The van der Waals surface area contributed by atoms with Crippen LogP contribution in [0.15, 0.2) is 24.3 Å². The summed E-state index contributed by atoms with van der Waals surface area (Å²) in [6, 6.07) is 7.18. The number of hydrogen-bond acceptors (Lipinski definition) is 4. The number of aliphatic carboxylic acids is 1. The Bertz CT molecular complexity index is 404. The summed E-state index contributed by atoms with van der Waals surface area (Å²) in [6.07, 6.45) is 1.14. The molecule has 0 heterocycles. The van der Waals surface area contributed by atoms with Crippen LogP contribution in [-0.4, -0.2) is 35.4 Å². The summed E-state index contributed by atoms with van der Waals surface area (Å²) in [4.78, 5) is 11.1. The van der Waals surface area contributed by atoms with E-state index in [0.717, 1.165) is 11.3 Å². The number of carboxylic acids is 1. The zero-order valence-corrected chi connectivity index (χ0v) is 11.3. The predicted octanol–water partition coefficient (Wildman–Crippen LogP) is 1.40. The second-order valence-electron chi connectivity index (χ2n) is 4.64. The van der Waals surface area contributed by atoms with E-state index < -0.39 is 11.5 Å². The van der Waals surface area contributed by atoms with Crippen LogP contribution in [-0.2, 0) is 11.4 Å². The third kappa shape index (κ3) is 4.54. The summed E-state index contributed by atoms with van der Waals surface area (Å²) in [5, 5.41) is 20.8. The third-order valence-corrected chi connectivity index (χ3v) is 3.22. The quantitative estimate of drug-likeness (QED) is 0.620. The van der Waals surface area contributed by atoms with Gasteiger partial charge in [-0.15, -0.1) is 0 Å². The van der Waals surface area contributed by atoms with Crippen LogP contribution in [0.1, 0.15) is 25.3 Å². The Labute approximate surface area is 113 Å². The van der Waals surface area contributed by atoms with E-state index in [2.05, 4.69) is 5.32 Å². The van der Waals surface area contributed by atoms with E-state index in [4.69, 9.17) is 14.9 Å². The van der Waals surface area contributed by atoms with Crippen molar-refractivity contribution in [3.63, 3.8) is 0 Å². The first-order valence-electron chi connectivity index (χ1n) is 6.27. The molecule has 1 rings (SSSR count). The fraction of sp³-hybridized carbons (Fsp3) is 0.500. The molecular formula is C14H21NO4. The Morgan fingerprint density at radius 1 is 1.37 bits per heavy atom. The normalized spacial score (nSPS) is 13.8. The minimum absolute atomic E-state index is 0.0133. The number of rotatable bonds is 8. The first kappa shape index (κ1) is 15.5. The van der Waals surface area contributed by atoms with Gasteiger partial charge >= 0.3 is 5.97 Å². The molecular weight excluding hydrogens is 246 g/mol. The van der Waals surface area contributed by atoms with Gasteiger partial charge in [0.05, 0.1) is 13.2 Å². The number of likely N-dealkylation sites (N-methyl/N-ethyl adjacent to an activating group) is 1. The first-order chi connectivity index (χ1) is 9.01. The monoisotopic (exact) mass is 267 g/mol. The largest absolute Gasteiger partial charge is 0.494 e. The highest BCUT2D eigenvalue weighted by Gasteiger charge is 2.30. The zero-order chi connectivity index (χ0) is 14.3. The molecule has 0 aliphatic heterocycles. The highest BCUT2D eigenvalue weighted by Crippen LogP contribution is 2.15. The molecule has 3 N–H and O–H groups in total. The minimum Gasteiger partial charge on any atom is -0.494 e. The summed E-state index contributed by atoms with van der Waals surface area (Å²) < 4.78 is 5.52. The summed E-state index contributed by atoms with van der Waals surface area (Å²) in [5.74, 6) is -0.138. The van der Waals surface area contributed by atoms with Crippen molar-refractivity contribution in [3.8, 4) is 5.75 Å². The van der Waals surface area contributed by atoms with Crippen LogP contribution in [0.3, 0.4) is 0 Å². The number of aliphatic hydroxyl groups is 1. The molecule has 0 aliphatic rings. The minimum atomic E-state index is -0.913. The molecule has 1 aromatic carbocycles. The van der Waals surface area contributed by atoms with E-state index in [9.17, 15) is 4.79 Å². The molecule has 5 nitrogen and oxygen atoms in total. The third-order valence-electron chi connectivity index (χ3n) is 3.22. The molecule has 0 saturated heterocycles. The zero-order valence-electron chi connectivity index (χ0n) is 11.3. The van der Waals surface area contributed by atoms with Crippen molar-refractivity contribution in [1.29, 1.82) is 0 Å². The van der Waals surface area contributed by atoms with E-state index in [-0.39, 0.29) is 6.61 Å².